The Labute approximate surface area is 274 Å². The van der Waals surface area contributed by atoms with Gasteiger partial charge >= 0.3 is 22.8 Å². The summed E-state index contributed by atoms with van der Waals surface area (Å²) in [6.07, 6.45) is -0.217. The lowest BCUT2D eigenvalue weighted by atomic mass is 10.2. The minimum absolute atomic E-state index is 0.124. The van der Waals surface area contributed by atoms with Gasteiger partial charge in [0.15, 0.2) is 6.23 Å². The highest BCUT2D eigenvalue weighted by atomic mass is 32.2. The van der Waals surface area contributed by atoms with E-state index >= 15 is 0 Å². The van der Waals surface area contributed by atoms with Crippen LogP contribution in [0.15, 0.2) is 46.1 Å². The molecule has 2 aliphatic rings. The van der Waals surface area contributed by atoms with Crippen molar-refractivity contribution in [3.8, 4) is 0 Å². The van der Waals surface area contributed by atoms with Crippen molar-refractivity contribution >= 4 is 34.8 Å². The molecule has 1 aromatic carbocycles. The van der Waals surface area contributed by atoms with Crippen molar-refractivity contribution in [1.82, 2.24) is 9.13 Å². The number of carbonyl (C=O) groups is 1. The summed E-state index contributed by atoms with van der Waals surface area (Å²) in [5.74, 6) is -0.671. The summed E-state index contributed by atoms with van der Waals surface area (Å²) in [6, 6.07) is 8.38. The second-order valence-electron chi connectivity index (χ2n) is 14.6. The molecule has 1 aromatic heterocycles. The van der Waals surface area contributed by atoms with E-state index in [9.17, 15) is 14.4 Å². The number of rotatable bonds is 7. The zero-order valence-electron chi connectivity index (χ0n) is 29.0. The number of nitrogens with zero attached hydrogens (tertiary/aromatic N) is 2. The molecule has 250 valence electrons. The summed E-state index contributed by atoms with van der Waals surface area (Å²) in [5.41, 5.74) is -0.249. The van der Waals surface area contributed by atoms with E-state index < -0.39 is 52.7 Å². The summed E-state index contributed by atoms with van der Waals surface area (Å²) in [7, 11) is -5.78. The van der Waals surface area contributed by atoms with Crippen LogP contribution in [0, 0.1) is 6.92 Å². The summed E-state index contributed by atoms with van der Waals surface area (Å²) >= 11 is 1.68. The lowest BCUT2D eigenvalue weighted by molar-refractivity contribution is -0.0567. The van der Waals surface area contributed by atoms with Crippen molar-refractivity contribution in [2.75, 3.05) is 6.61 Å². The Bertz CT molecular complexity index is 1470. The average molecular weight is 677 g/mol. The van der Waals surface area contributed by atoms with Crippen LogP contribution in [0.1, 0.15) is 98.3 Å². The van der Waals surface area contributed by atoms with Crippen LogP contribution in [0.5, 0.6) is 0 Å². The van der Waals surface area contributed by atoms with Crippen LogP contribution in [0.3, 0.4) is 0 Å². The first kappa shape index (κ1) is 36.0. The Morgan fingerprint density at radius 3 is 1.98 bits per heavy atom. The molecule has 0 amide bonds. The summed E-state index contributed by atoms with van der Waals surface area (Å²) in [6.45, 7) is 25.7. The molecular formula is C33H52N2O7SSi2. The second-order valence-corrected chi connectivity index (χ2v) is 25.5. The van der Waals surface area contributed by atoms with Crippen molar-refractivity contribution < 1.29 is 22.5 Å². The first-order valence-electron chi connectivity index (χ1n) is 16.2. The maximum absolute atomic E-state index is 14.2. The van der Waals surface area contributed by atoms with E-state index in [-0.39, 0.29) is 49.9 Å². The predicted octanol–water partition coefficient (Wildman–Crippen LogP) is 6.76. The van der Waals surface area contributed by atoms with E-state index in [0.29, 0.717) is 0 Å². The lowest BCUT2D eigenvalue weighted by Gasteiger charge is -2.51. The normalized spacial score (nSPS) is 25.1. The van der Waals surface area contributed by atoms with Crippen LogP contribution in [-0.4, -0.2) is 61.0 Å². The fourth-order valence-electron chi connectivity index (χ4n) is 6.65. The molecule has 0 radical (unpaired) electrons. The number of thioether (sulfide) groups is 1. The van der Waals surface area contributed by atoms with E-state index in [1.807, 2.05) is 0 Å². The quantitative estimate of drug-likeness (QED) is 0.297. The molecule has 0 unspecified atom stereocenters. The Kier molecular flexibility index (Phi) is 10.7. The van der Waals surface area contributed by atoms with Gasteiger partial charge in [0.05, 0.1) is 18.0 Å². The molecule has 0 saturated carbocycles. The summed E-state index contributed by atoms with van der Waals surface area (Å²) in [5, 5.41) is -0.353. The van der Waals surface area contributed by atoms with Gasteiger partial charge in [-0.2, -0.15) is 4.57 Å². The van der Waals surface area contributed by atoms with Crippen molar-refractivity contribution in [3.05, 3.63) is 68.5 Å². The lowest BCUT2D eigenvalue weighted by Crippen LogP contribution is -2.65. The number of aromatic nitrogens is 2. The highest BCUT2D eigenvalue weighted by Gasteiger charge is 2.62. The topological polar surface area (TPSA) is 98.0 Å². The largest absolute Gasteiger partial charge is 0.414 e. The van der Waals surface area contributed by atoms with Gasteiger partial charge in [-0.3, -0.25) is 14.2 Å². The Hall–Kier alpha value is -1.81. The molecule has 2 fully saturated rings. The molecule has 0 aliphatic carbocycles. The number of benzene rings is 1. The smallest absolute Gasteiger partial charge is 0.340 e. The molecule has 45 heavy (non-hydrogen) atoms. The average Bonchev–Trinajstić information content (AvgIpc) is 3.24. The predicted molar refractivity (Wildman–Crippen MR) is 185 cm³/mol. The summed E-state index contributed by atoms with van der Waals surface area (Å²) < 4.78 is 30.5. The van der Waals surface area contributed by atoms with Gasteiger partial charge < -0.3 is 17.7 Å². The van der Waals surface area contributed by atoms with Crippen molar-refractivity contribution in [1.29, 1.82) is 0 Å². The second kappa shape index (κ2) is 13.4. The number of hydrogen-bond acceptors (Lipinski definition) is 8. The van der Waals surface area contributed by atoms with Gasteiger partial charge in [-0.25, -0.2) is 4.79 Å². The third kappa shape index (κ3) is 6.79. The molecule has 0 N–H and O–H groups in total. The van der Waals surface area contributed by atoms with E-state index in [4.69, 9.17) is 17.7 Å². The number of aryl methyl sites for hydroxylation is 1. The number of fused-ring (bicyclic) bond motifs is 1. The van der Waals surface area contributed by atoms with Gasteiger partial charge in [0.25, 0.3) is 11.5 Å². The Morgan fingerprint density at radius 1 is 0.911 bits per heavy atom. The van der Waals surface area contributed by atoms with Gasteiger partial charge in [0, 0.05) is 22.1 Å². The highest BCUT2D eigenvalue weighted by Crippen LogP contribution is 2.51. The van der Waals surface area contributed by atoms with E-state index in [0.717, 1.165) is 4.57 Å². The Balaban J connectivity index is 1.91. The summed E-state index contributed by atoms with van der Waals surface area (Å²) in [4.78, 5) is 41.0. The third-order valence-electron chi connectivity index (χ3n) is 8.89. The van der Waals surface area contributed by atoms with Gasteiger partial charge in [-0.15, -0.1) is 11.8 Å². The van der Waals surface area contributed by atoms with Crippen LogP contribution in [0.25, 0.3) is 0 Å². The van der Waals surface area contributed by atoms with Crippen LogP contribution in [0.4, 0.5) is 0 Å². The van der Waals surface area contributed by atoms with E-state index in [1.54, 1.807) is 49.0 Å². The highest BCUT2D eigenvalue weighted by molar-refractivity contribution is 8.01. The van der Waals surface area contributed by atoms with Gasteiger partial charge in [0.1, 0.15) is 6.10 Å². The molecule has 0 spiro atoms. The minimum atomic E-state index is -2.97. The van der Waals surface area contributed by atoms with Crippen LogP contribution in [0.2, 0.25) is 22.2 Å². The van der Waals surface area contributed by atoms with Gasteiger partial charge in [-0.1, -0.05) is 94.4 Å². The molecule has 0 bridgehead atoms. The first-order chi connectivity index (χ1) is 20.9. The maximum atomic E-state index is 14.2. The van der Waals surface area contributed by atoms with Crippen LogP contribution in [-0.2, 0) is 17.7 Å². The zero-order chi connectivity index (χ0) is 33.6. The molecular weight excluding hydrogens is 625 g/mol. The zero-order valence-corrected chi connectivity index (χ0v) is 31.8. The number of hydrogen-bond donors (Lipinski definition) is 0. The van der Waals surface area contributed by atoms with Crippen LogP contribution < -0.4 is 11.2 Å². The molecule has 2 aliphatic heterocycles. The fraction of sp³-hybridized carbons (Fsp3) is 0.667. The standard InChI is InChI=1S/C33H52N2O7SSi2/c1-20(2)44(21(3)4)39-19-26-27(41-45(42-44,22(5)6)23(7)8)28(43-33(10,11)12)31(40-26)34-18-24(9)29(36)35(32(34)38)30(37)25-16-14-13-15-17-25/h13-18,20-23,26-28,31H,19H2,1-12H3/t26-,27-,28-,31-/m1/s1. The third-order valence-corrected chi connectivity index (χ3v) is 20.6. The first-order valence-corrected chi connectivity index (χ1v) is 21.0. The van der Waals surface area contributed by atoms with Crippen molar-refractivity contribution in [3.63, 3.8) is 0 Å². The molecule has 4 atom stereocenters. The van der Waals surface area contributed by atoms with E-state index in [2.05, 4.69) is 76.2 Å². The van der Waals surface area contributed by atoms with Crippen LogP contribution >= 0.6 is 11.8 Å². The van der Waals surface area contributed by atoms with Gasteiger partial charge in [-0.05, 0) is 41.2 Å². The van der Waals surface area contributed by atoms with Crippen molar-refractivity contribution in [2.24, 2.45) is 0 Å². The molecule has 4 rings (SSSR count). The number of ether oxygens (including phenoxy) is 1. The minimum Gasteiger partial charge on any atom is -0.414 e. The monoisotopic (exact) mass is 676 g/mol. The maximum Gasteiger partial charge on any atom is 0.340 e. The molecule has 3 heterocycles. The van der Waals surface area contributed by atoms with Crippen molar-refractivity contribution in [2.45, 2.75) is 134 Å². The SMILES string of the molecule is Cc1cn([C@@H]2O[C@@H]3CO[Si](C(C)C)(C(C)C)O[Si](C(C)C)(C(C)C)O[C@H]3[C@H]2SC(C)(C)C)c(=O)n(C(=O)c2ccccc2)c1=O. The molecule has 12 heteroatoms. The molecule has 2 aromatic rings. The van der Waals surface area contributed by atoms with E-state index in [1.165, 1.54) is 10.8 Å². The molecule has 9 nitrogen and oxygen atoms in total. The van der Waals surface area contributed by atoms with Gasteiger partial charge in [0.2, 0.25) is 0 Å². The fourth-order valence-corrected chi connectivity index (χ4v) is 19.5. The Morgan fingerprint density at radius 2 is 1.47 bits per heavy atom. The number of carbonyl (C=O) groups excluding carboxylic acids is 1. The molecule has 2 saturated heterocycles.